The van der Waals surface area contributed by atoms with Gasteiger partial charge in [-0.15, -0.1) is 0 Å². The van der Waals surface area contributed by atoms with Gasteiger partial charge in [-0.3, -0.25) is 9.59 Å². The van der Waals surface area contributed by atoms with E-state index < -0.39 is 17.7 Å². The van der Waals surface area contributed by atoms with Crippen LogP contribution in [0.25, 0.3) is 0 Å². The number of halogens is 1. The topological polar surface area (TPSA) is 66.8 Å². The summed E-state index contributed by atoms with van der Waals surface area (Å²) in [4.78, 5) is 24.7. The van der Waals surface area contributed by atoms with E-state index in [-0.39, 0.29) is 17.6 Å². The number of hydrogen-bond acceptors (Lipinski definition) is 3. The number of amides is 1. The fraction of sp³-hybridized carbons (Fsp3) is 0.467. The summed E-state index contributed by atoms with van der Waals surface area (Å²) in [5.74, 6) is -2.23. The van der Waals surface area contributed by atoms with Gasteiger partial charge < -0.3 is 14.7 Å². The van der Waals surface area contributed by atoms with Gasteiger partial charge in [0.25, 0.3) is 0 Å². The number of ether oxygens (including phenoxy) is 1. The quantitative estimate of drug-likeness (QED) is 0.925. The fourth-order valence-electron chi connectivity index (χ4n) is 2.70. The molecule has 1 saturated carbocycles. The number of carbonyl (C=O) groups excluding carboxylic acids is 1. The summed E-state index contributed by atoms with van der Waals surface area (Å²) in [6.07, 6.45) is 1.41. The maximum Gasteiger partial charge on any atom is 0.306 e. The number of aliphatic carboxylic acids is 1. The molecule has 21 heavy (non-hydrogen) atoms. The Balaban J connectivity index is 2.09. The number of benzene rings is 1. The Morgan fingerprint density at radius 1 is 1.33 bits per heavy atom. The zero-order chi connectivity index (χ0) is 15.6. The molecule has 0 aromatic heterocycles. The molecule has 1 amide bonds. The molecule has 0 bridgehead atoms. The van der Waals surface area contributed by atoms with Crippen LogP contribution in [0.3, 0.4) is 0 Å². The van der Waals surface area contributed by atoms with E-state index in [4.69, 9.17) is 9.84 Å². The van der Waals surface area contributed by atoms with E-state index in [0.717, 1.165) is 0 Å². The summed E-state index contributed by atoms with van der Waals surface area (Å²) in [5, 5.41) is 8.97. The van der Waals surface area contributed by atoms with Crippen LogP contribution in [0.15, 0.2) is 18.2 Å². The second kappa shape index (κ2) is 6.11. The van der Waals surface area contributed by atoms with Gasteiger partial charge in [0.15, 0.2) is 11.6 Å². The SMILES string of the molecule is COc1ccc(N(C)C(=O)[C@@H]2CC[C@H](C(=O)O)C2)cc1F. The largest absolute Gasteiger partial charge is 0.494 e. The second-order valence-electron chi connectivity index (χ2n) is 5.26. The molecular weight excluding hydrogens is 277 g/mol. The van der Waals surface area contributed by atoms with Crippen molar-refractivity contribution in [2.75, 3.05) is 19.1 Å². The molecule has 0 unspecified atom stereocenters. The van der Waals surface area contributed by atoms with E-state index in [0.29, 0.717) is 24.9 Å². The molecule has 0 radical (unpaired) electrons. The smallest absolute Gasteiger partial charge is 0.306 e. The first-order chi connectivity index (χ1) is 9.93. The third-order valence-electron chi connectivity index (χ3n) is 3.98. The Hall–Kier alpha value is -2.11. The van der Waals surface area contributed by atoms with Crippen molar-refractivity contribution in [3.63, 3.8) is 0 Å². The first-order valence-corrected chi connectivity index (χ1v) is 6.78. The highest BCUT2D eigenvalue weighted by Gasteiger charge is 2.35. The van der Waals surface area contributed by atoms with E-state index in [1.54, 1.807) is 13.1 Å². The molecule has 0 aliphatic heterocycles. The minimum Gasteiger partial charge on any atom is -0.494 e. The Morgan fingerprint density at radius 3 is 2.52 bits per heavy atom. The van der Waals surface area contributed by atoms with Crippen molar-refractivity contribution in [2.45, 2.75) is 19.3 Å². The first-order valence-electron chi connectivity index (χ1n) is 6.78. The van der Waals surface area contributed by atoms with Crippen LogP contribution in [0.1, 0.15) is 19.3 Å². The van der Waals surface area contributed by atoms with E-state index in [1.165, 1.54) is 24.1 Å². The monoisotopic (exact) mass is 295 g/mol. The van der Waals surface area contributed by atoms with Crippen molar-refractivity contribution in [3.8, 4) is 5.75 Å². The Morgan fingerprint density at radius 2 is 2.00 bits per heavy atom. The van der Waals surface area contributed by atoms with Gasteiger partial charge in [0, 0.05) is 24.7 Å². The summed E-state index contributed by atoms with van der Waals surface area (Å²) in [7, 11) is 2.94. The maximum atomic E-state index is 13.7. The molecule has 2 atom stereocenters. The van der Waals surface area contributed by atoms with Crippen molar-refractivity contribution in [1.82, 2.24) is 0 Å². The standard InChI is InChI=1S/C15H18FNO4/c1-17(11-5-6-13(21-2)12(16)8-11)14(18)9-3-4-10(7-9)15(19)20/h5-6,8-10H,3-4,7H2,1-2H3,(H,19,20)/t9-,10+/m1/s1. The van der Waals surface area contributed by atoms with Crippen LogP contribution in [0, 0.1) is 17.7 Å². The van der Waals surface area contributed by atoms with Crippen LogP contribution in [0.5, 0.6) is 5.75 Å². The third kappa shape index (κ3) is 3.15. The number of hydrogen-bond donors (Lipinski definition) is 1. The molecule has 1 N–H and O–H groups in total. The van der Waals surface area contributed by atoms with Gasteiger partial charge in [-0.1, -0.05) is 0 Å². The fourth-order valence-corrected chi connectivity index (χ4v) is 2.70. The number of rotatable bonds is 4. The zero-order valence-corrected chi connectivity index (χ0v) is 12.0. The average molecular weight is 295 g/mol. The zero-order valence-electron chi connectivity index (χ0n) is 12.0. The number of anilines is 1. The molecule has 0 heterocycles. The van der Waals surface area contributed by atoms with Gasteiger partial charge in [0.2, 0.25) is 5.91 Å². The molecule has 2 rings (SSSR count). The van der Waals surface area contributed by atoms with Crippen LogP contribution in [-0.2, 0) is 9.59 Å². The van der Waals surface area contributed by atoms with Crippen molar-refractivity contribution in [2.24, 2.45) is 11.8 Å². The molecule has 0 spiro atoms. The van der Waals surface area contributed by atoms with Gasteiger partial charge in [0.1, 0.15) is 0 Å². The Kier molecular flexibility index (Phi) is 4.45. The first kappa shape index (κ1) is 15.3. The lowest BCUT2D eigenvalue weighted by Gasteiger charge is -2.21. The lowest BCUT2D eigenvalue weighted by molar-refractivity contribution is -0.141. The van der Waals surface area contributed by atoms with Gasteiger partial charge in [-0.2, -0.15) is 0 Å². The molecular formula is C15H18FNO4. The van der Waals surface area contributed by atoms with Gasteiger partial charge in [0.05, 0.1) is 13.0 Å². The van der Waals surface area contributed by atoms with E-state index in [1.807, 2.05) is 0 Å². The second-order valence-corrected chi connectivity index (χ2v) is 5.26. The van der Waals surface area contributed by atoms with Crippen molar-refractivity contribution in [1.29, 1.82) is 0 Å². The predicted molar refractivity (Wildman–Crippen MR) is 74.8 cm³/mol. The molecule has 114 valence electrons. The Labute approximate surface area is 122 Å². The predicted octanol–water partition coefficient (Wildman–Crippen LogP) is 2.30. The molecule has 1 fully saturated rings. The molecule has 5 nitrogen and oxygen atoms in total. The third-order valence-corrected chi connectivity index (χ3v) is 3.98. The lowest BCUT2D eigenvalue weighted by Crippen LogP contribution is -2.32. The summed E-state index contributed by atoms with van der Waals surface area (Å²) in [6.45, 7) is 0. The van der Waals surface area contributed by atoms with E-state index >= 15 is 0 Å². The number of methoxy groups -OCH3 is 1. The highest BCUT2D eigenvalue weighted by molar-refractivity contribution is 5.95. The maximum absolute atomic E-state index is 13.7. The minimum absolute atomic E-state index is 0.117. The molecule has 1 aromatic rings. The molecule has 1 aliphatic carbocycles. The van der Waals surface area contributed by atoms with Crippen molar-refractivity contribution >= 4 is 17.6 Å². The van der Waals surface area contributed by atoms with Gasteiger partial charge in [-0.05, 0) is 31.4 Å². The van der Waals surface area contributed by atoms with Crippen LogP contribution in [0.2, 0.25) is 0 Å². The minimum atomic E-state index is -0.858. The van der Waals surface area contributed by atoms with Crippen molar-refractivity contribution in [3.05, 3.63) is 24.0 Å². The van der Waals surface area contributed by atoms with Crippen LogP contribution in [0.4, 0.5) is 10.1 Å². The highest BCUT2D eigenvalue weighted by atomic mass is 19.1. The van der Waals surface area contributed by atoms with Crippen LogP contribution < -0.4 is 9.64 Å². The normalized spacial score (nSPS) is 21.1. The molecule has 1 aromatic carbocycles. The van der Waals surface area contributed by atoms with Crippen LogP contribution in [-0.4, -0.2) is 31.1 Å². The molecule has 0 saturated heterocycles. The van der Waals surface area contributed by atoms with E-state index in [9.17, 15) is 14.0 Å². The number of carboxylic acid groups (broad SMARTS) is 1. The van der Waals surface area contributed by atoms with Gasteiger partial charge >= 0.3 is 5.97 Å². The Bertz CT molecular complexity index is 561. The summed E-state index contributed by atoms with van der Waals surface area (Å²) < 4.78 is 18.5. The van der Waals surface area contributed by atoms with Crippen molar-refractivity contribution < 1.29 is 23.8 Å². The summed E-state index contributed by atoms with van der Waals surface area (Å²) >= 11 is 0. The van der Waals surface area contributed by atoms with E-state index in [2.05, 4.69) is 0 Å². The number of carboxylic acids is 1. The molecule has 1 aliphatic rings. The molecule has 6 heteroatoms. The highest BCUT2D eigenvalue weighted by Crippen LogP contribution is 2.33. The average Bonchev–Trinajstić information content (AvgIpc) is 2.95. The summed E-state index contributed by atoms with van der Waals surface area (Å²) in [6, 6.07) is 4.30. The summed E-state index contributed by atoms with van der Waals surface area (Å²) in [5.41, 5.74) is 0.428. The lowest BCUT2D eigenvalue weighted by atomic mass is 10.0. The van der Waals surface area contributed by atoms with Crippen LogP contribution >= 0.6 is 0 Å². The number of carbonyl (C=O) groups is 2. The van der Waals surface area contributed by atoms with Gasteiger partial charge in [-0.25, -0.2) is 4.39 Å². The number of nitrogens with zero attached hydrogens (tertiary/aromatic N) is 1.